The van der Waals surface area contributed by atoms with E-state index in [1.165, 1.54) is 5.56 Å². The van der Waals surface area contributed by atoms with Gasteiger partial charge in [-0.3, -0.25) is 4.98 Å². The zero-order valence-corrected chi connectivity index (χ0v) is 10.8. The first-order valence-corrected chi connectivity index (χ1v) is 6.34. The van der Waals surface area contributed by atoms with Gasteiger partial charge in [0.15, 0.2) is 0 Å². The molecule has 2 heterocycles. The molecule has 0 amide bonds. The van der Waals surface area contributed by atoms with Crippen LogP contribution >= 0.6 is 0 Å². The van der Waals surface area contributed by atoms with Gasteiger partial charge in [-0.2, -0.15) is 0 Å². The summed E-state index contributed by atoms with van der Waals surface area (Å²) in [6.45, 7) is 2.38. The molecule has 0 saturated carbocycles. The largest absolute Gasteiger partial charge is 0.495 e. The lowest BCUT2D eigenvalue weighted by Gasteiger charge is -2.12. The van der Waals surface area contributed by atoms with Crippen molar-refractivity contribution in [1.29, 1.82) is 0 Å². The van der Waals surface area contributed by atoms with E-state index in [4.69, 9.17) is 9.47 Å². The summed E-state index contributed by atoms with van der Waals surface area (Å²) in [5.41, 5.74) is 3.11. The molecular formula is C15H16N2O2. The van der Waals surface area contributed by atoms with E-state index < -0.39 is 0 Å². The Labute approximate surface area is 112 Å². The van der Waals surface area contributed by atoms with Gasteiger partial charge < -0.3 is 14.8 Å². The summed E-state index contributed by atoms with van der Waals surface area (Å²) in [6.07, 6.45) is 1.73. The summed E-state index contributed by atoms with van der Waals surface area (Å²) in [6, 6.07) is 10.0. The molecule has 3 rings (SSSR count). The number of nitrogens with one attached hydrogen (secondary N) is 1. The number of hydrogen-bond donors (Lipinski definition) is 1. The number of benzene rings is 1. The molecule has 1 N–H and O–H groups in total. The third kappa shape index (κ3) is 2.39. The maximum absolute atomic E-state index is 5.86. The number of hydrogen-bond acceptors (Lipinski definition) is 4. The lowest BCUT2D eigenvalue weighted by atomic mass is 10.1. The molecule has 0 fully saturated rings. The Morgan fingerprint density at radius 1 is 1.26 bits per heavy atom. The molecule has 0 radical (unpaired) electrons. The van der Waals surface area contributed by atoms with Crippen molar-refractivity contribution in [1.82, 2.24) is 10.3 Å². The van der Waals surface area contributed by atoms with Crippen molar-refractivity contribution in [2.45, 2.75) is 6.54 Å². The highest BCUT2D eigenvalue weighted by atomic mass is 16.5. The number of nitrogens with zero attached hydrogens (tertiary/aromatic N) is 1. The first-order valence-electron chi connectivity index (χ1n) is 6.34. The van der Waals surface area contributed by atoms with Gasteiger partial charge in [0, 0.05) is 24.2 Å². The van der Waals surface area contributed by atoms with Crippen LogP contribution in [0.1, 0.15) is 5.56 Å². The maximum Gasteiger partial charge on any atom is 0.137 e. The zero-order chi connectivity index (χ0) is 13.1. The van der Waals surface area contributed by atoms with Crippen LogP contribution in [-0.4, -0.2) is 25.2 Å². The third-order valence-corrected chi connectivity index (χ3v) is 3.19. The Hall–Kier alpha value is -2.07. The minimum Gasteiger partial charge on any atom is -0.495 e. The average molecular weight is 256 g/mol. The summed E-state index contributed by atoms with van der Waals surface area (Å²) in [5.74, 6) is 1.69. The number of rotatable bonds is 2. The molecule has 19 heavy (non-hydrogen) atoms. The van der Waals surface area contributed by atoms with Crippen molar-refractivity contribution in [3.8, 4) is 22.8 Å². The number of methoxy groups -OCH3 is 1. The Morgan fingerprint density at radius 3 is 3.00 bits per heavy atom. The number of aromatic nitrogens is 1. The summed E-state index contributed by atoms with van der Waals surface area (Å²) < 4.78 is 11.0. The standard InChI is InChI=1S/C15H16N2O2/c1-18-12-5-6-14(17-10-12)13-4-2-3-11-9-16-7-8-19-15(11)13/h2-6,10,16H,7-9H2,1H3. The van der Waals surface area contributed by atoms with Crippen LogP contribution in [0.3, 0.4) is 0 Å². The van der Waals surface area contributed by atoms with Crippen LogP contribution in [-0.2, 0) is 6.54 Å². The molecule has 98 valence electrons. The van der Waals surface area contributed by atoms with E-state index in [-0.39, 0.29) is 0 Å². The zero-order valence-electron chi connectivity index (χ0n) is 10.8. The molecule has 0 saturated heterocycles. The second-order valence-electron chi connectivity index (χ2n) is 4.40. The van der Waals surface area contributed by atoms with Gasteiger partial charge in [0.1, 0.15) is 18.1 Å². The van der Waals surface area contributed by atoms with Crippen LogP contribution in [0.4, 0.5) is 0 Å². The van der Waals surface area contributed by atoms with Gasteiger partial charge in [-0.15, -0.1) is 0 Å². The molecule has 1 aromatic heterocycles. The molecule has 4 nitrogen and oxygen atoms in total. The van der Waals surface area contributed by atoms with Gasteiger partial charge in [0.2, 0.25) is 0 Å². The monoisotopic (exact) mass is 256 g/mol. The van der Waals surface area contributed by atoms with Gasteiger partial charge in [-0.1, -0.05) is 12.1 Å². The number of para-hydroxylation sites is 1. The van der Waals surface area contributed by atoms with Crippen molar-refractivity contribution in [3.05, 3.63) is 42.1 Å². The van der Waals surface area contributed by atoms with Crippen LogP contribution in [0, 0.1) is 0 Å². The molecule has 0 atom stereocenters. The Kier molecular flexibility index (Phi) is 3.33. The molecule has 4 heteroatoms. The van der Waals surface area contributed by atoms with Gasteiger partial charge in [-0.05, 0) is 18.2 Å². The van der Waals surface area contributed by atoms with Crippen molar-refractivity contribution in [3.63, 3.8) is 0 Å². The highest BCUT2D eigenvalue weighted by molar-refractivity contribution is 5.69. The molecular weight excluding hydrogens is 240 g/mol. The van der Waals surface area contributed by atoms with Gasteiger partial charge in [0.05, 0.1) is 19.0 Å². The Morgan fingerprint density at radius 2 is 2.21 bits per heavy atom. The van der Waals surface area contributed by atoms with Crippen molar-refractivity contribution in [2.24, 2.45) is 0 Å². The van der Waals surface area contributed by atoms with E-state index in [0.29, 0.717) is 6.61 Å². The van der Waals surface area contributed by atoms with Crippen LogP contribution in [0.5, 0.6) is 11.5 Å². The maximum atomic E-state index is 5.86. The molecule has 0 bridgehead atoms. The van der Waals surface area contributed by atoms with Gasteiger partial charge in [-0.25, -0.2) is 0 Å². The van der Waals surface area contributed by atoms with Crippen LogP contribution < -0.4 is 14.8 Å². The molecule has 0 aliphatic carbocycles. The fraction of sp³-hybridized carbons (Fsp3) is 0.267. The number of pyridine rings is 1. The van der Waals surface area contributed by atoms with Crippen molar-refractivity contribution >= 4 is 0 Å². The van der Waals surface area contributed by atoms with E-state index >= 15 is 0 Å². The second-order valence-corrected chi connectivity index (χ2v) is 4.40. The molecule has 2 aromatic rings. The van der Waals surface area contributed by atoms with Crippen LogP contribution in [0.2, 0.25) is 0 Å². The summed E-state index contributed by atoms with van der Waals surface area (Å²) in [4.78, 5) is 4.43. The summed E-state index contributed by atoms with van der Waals surface area (Å²) in [7, 11) is 1.64. The van der Waals surface area contributed by atoms with E-state index in [9.17, 15) is 0 Å². The summed E-state index contributed by atoms with van der Waals surface area (Å²) >= 11 is 0. The third-order valence-electron chi connectivity index (χ3n) is 3.19. The van der Waals surface area contributed by atoms with E-state index in [0.717, 1.165) is 35.8 Å². The first-order chi connectivity index (χ1) is 9.38. The quantitative estimate of drug-likeness (QED) is 0.895. The van der Waals surface area contributed by atoms with Crippen LogP contribution in [0.25, 0.3) is 11.3 Å². The van der Waals surface area contributed by atoms with Crippen molar-refractivity contribution < 1.29 is 9.47 Å². The minimum atomic E-state index is 0.681. The fourth-order valence-corrected chi connectivity index (χ4v) is 2.20. The van der Waals surface area contributed by atoms with Gasteiger partial charge >= 0.3 is 0 Å². The van der Waals surface area contributed by atoms with E-state index in [1.807, 2.05) is 24.3 Å². The van der Waals surface area contributed by atoms with Gasteiger partial charge in [0.25, 0.3) is 0 Å². The fourth-order valence-electron chi connectivity index (χ4n) is 2.20. The minimum absolute atomic E-state index is 0.681. The van der Waals surface area contributed by atoms with Crippen molar-refractivity contribution in [2.75, 3.05) is 20.3 Å². The lowest BCUT2D eigenvalue weighted by molar-refractivity contribution is 0.327. The Balaban J connectivity index is 2.04. The predicted octanol–water partition coefficient (Wildman–Crippen LogP) is 2.24. The predicted molar refractivity (Wildman–Crippen MR) is 73.4 cm³/mol. The summed E-state index contributed by atoms with van der Waals surface area (Å²) in [5, 5.41) is 3.33. The van der Waals surface area contributed by atoms with E-state index in [1.54, 1.807) is 13.3 Å². The smallest absolute Gasteiger partial charge is 0.137 e. The average Bonchev–Trinajstić information content (AvgIpc) is 2.72. The highest BCUT2D eigenvalue weighted by Crippen LogP contribution is 2.33. The molecule has 0 spiro atoms. The molecule has 1 aliphatic rings. The molecule has 1 aromatic carbocycles. The van der Waals surface area contributed by atoms with E-state index in [2.05, 4.69) is 16.4 Å². The SMILES string of the molecule is COc1ccc(-c2cccc3c2OCCNC3)nc1. The Bertz CT molecular complexity index is 567. The number of ether oxygens (including phenoxy) is 2. The normalized spacial score (nSPS) is 14.2. The highest BCUT2D eigenvalue weighted by Gasteiger charge is 2.14. The van der Waals surface area contributed by atoms with Crippen LogP contribution in [0.15, 0.2) is 36.5 Å². The molecule has 0 unspecified atom stereocenters. The molecule has 1 aliphatic heterocycles. The number of fused-ring (bicyclic) bond motifs is 1. The first kappa shape index (κ1) is 12.0. The topological polar surface area (TPSA) is 43.4 Å². The second kappa shape index (κ2) is 5.28. The lowest BCUT2D eigenvalue weighted by Crippen LogP contribution is -2.16.